The number of amides is 1. The summed E-state index contributed by atoms with van der Waals surface area (Å²) >= 11 is 5.95. The molecule has 0 bridgehead atoms. The molecule has 0 saturated heterocycles. The Labute approximate surface area is 163 Å². The fourth-order valence-corrected chi connectivity index (χ4v) is 2.84. The van der Waals surface area contributed by atoms with Gasteiger partial charge in [0, 0.05) is 18.2 Å². The number of fused-ring (bicyclic) bond motifs is 1. The van der Waals surface area contributed by atoms with Gasteiger partial charge in [0.05, 0.1) is 17.1 Å². The zero-order valence-corrected chi connectivity index (χ0v) is 15.4. The number of aryl methyl sites for hydroxylation is 1. The van der Waals surface area contributed by atoms with Crippen molar-refractivity contribution in [3.63, 3.8) is 0 Å². The van der Waals surface area contributed by atoms with Crippen LogP contribution in [-0.4, -0.2) is 30.6 Å². The highest BCUT2D eigenvalue weighted by Gasteiger charge is 2.14. The van der Waals surface area contributed by atoms with E-state index in [0.717, 1.165) is 6.07 Å². The van der Waals surface area contributed by atoms with Crippen LogP contribution < -0.4 is 5.32 Å². The molecule has 4 rings (SSSR count). The third kappa shape index (κ3) is 3.44. The number of nitrogens with one attached hydrogen (secondary N) is 1. The maximum absolute atomic E-state index is 13.3. The summed E-state index contributed by atoms with van der Waals surface area (Å²) in [4.78, 5) is 16.6. The topological polar surface area (TPSA) is 98.2 Å². The molecule has 10 heteroatoms. The molecule has 1 N–H and O–H groups in total. The quantitative estimate of drug-likeness (QED) is 0.552. The molecule has 1 amide bonds. The minimum absolute atomic E-state index is 0.0564. The molecule has 4 aromatic rings. The molecule has 0 aliphatic heterocycles. The summed E-state index contributed by atoms with van der Waals surface area (Å²) in [7, 11) is 0. The Morgan fingerprint density at radius 3 is 2.93 bits per heavy atom. The molecule has 1 aromatic carbocycles. The van der Waals surface area contributed by atoms with Crippen molar-refractivity contribution in [2.75, 3.05) is 0 Å². The second-order valence-corrected chi connectivity index (χ2v) is 6.34. The Morgan fingerprint density at radius 1 is 1.29 bits per heavy atom. The monoisotopic (exact) mass is 400 g/mol. The van der Waals surface area contributed by atoms with Crippen molar-refractivity contribution in [2.45, 2.75) is 19.9 Å². The highest BCUT2D eigenvalue weighted by molar-refractivity contribution is 6.33. The molecular weight excluding hydrogens is 387 g/mol. The van der Waals surface area contributed by atoms with E-state index < -0.39 is 11.7 Å². The van der Waals surface area contributed by atoms with Gasteiger partial charge < -0.3 is 9.84 Å². The summed E-state index contributed by atoms with van der Waals surface area (Å²) in [5.41, 5.74) is 1.33. The fourth-order valence-electron chi connectivity index (χ4n) is 2.63. The van der Waals surface area contributed by atoms with Crippen LogP contribution in [0.2, 0.25) is 5.02 Å². The van der Waals surface area contributed by atoms with Crippen LogP contribution in [0.4, 0.5) is 4.39 Å². The van der Waals surface area contributed by atoms with Gasteiger partial charge in [0.1, 0.15) is 5.82 Å². The lowest BCUT2D eigenvalue weighted by Gasteiger charge is -2.06. The molecule has 3 aromatic heterocycles. The number of pyridine rings is 1. The maximum Gasteiger partial charge on any atom is 0.258 e. The van der Waals surface area contributed by atoms with E-state index in [4.69, 9.17) is 16.1 Å². The number of rotatable bonds is 5. The molecule has 0 atom stereocenters. The Morgan fingerprint density at radius 2 is 2.14 bits per heavy atom. The van der Waals surface area contributed by atoms with E-state index in [1.807, 2.05) is 6.92 Å². The SMILES string of the molecule is CCc1noc(-c2ccn3c(CNC(=O)c4cc(F)ccc4Cl)nnc3c2)n1. The summed E-state index contributed by atoms with van der Waals surface area (Å²) in [6.45, 7) is 2.03. The number of hydrogen-bond donors (Lipinski definition) is 1. The van der Waals surface area contributed by atoms with Crippen molar-refractivity contribution >= 4 is 23.2 Å². The number of aromatic nitrogens is 5. The molecule has 0 fully saturated rings. The third-order valence-electron chi connectivity index (χ3n) is 4.09. The van der Waals surface area contributed by atoms with Gasteiger partial charge >= 0.3 is 0 Å². The van der Waals surface area contributed by atoms with Gasteiger partial charge in [-0.1, -0.05) is 23.7 Å². The van der Waals surface area contributed by atoms with Crippen LogP contribution in [0, 0.1) is 5.82 Å². The van der Waals surface area contributed by atoms with E-state index in [1.54, 1.807) is 22.7 Å². The summed E-state index contributed by atoms with van der Waals surface area (Å²) < 4.78 is 20.3. The van der Waals surface area contributed by atoms with Gasteiger partial charge in [0.25, 0.3) is 11.8 Å². The zero-order valence-electron chi connectivity index (χ0n) is 14.7. The lowest BCUT2D eigenvalue weighted by molar-refractivity contribution is 0.0949. The van der Waals surface area contributed by atoms with Crippen molar-refractivity contribution < 1.29 is 13.7 Å². The summed E-state index contributed by atoms with van der Waals surface area (Å²) in [5.74, 6) is 0.481. The average Bonchev–Trinajstić information content (AvgIpc) is 3.34. The van der Waals surface area contributed by atoms with E-state index in [-0.39, 0.29) is 17.1 Å². The van der Waals surface area contributed by atoms with Gasteiger partial charge in [-0.05, 0) is 30.3 Å². The summed E-state index contributed by atoms with van der Waals surface area (Å²) in [5, 5.41) is 14.9. The molecular formula is C18H14ClFN6O2. The van der Waals surface area contributed by atoms with Gasteiger partial charge in [-0.25, -0.2) is 4.39 Å². The van der Waals surface area contributed by atoms with E-state index in [2.05, 4.69) is 25.7 Å². The van der Waals surface area contributed by atoms with Gasteiger partial charge in [-0.3, -0.25) is 9.20 Å². The smallest absolute Gasteiger partial charge is 0.258 e. The van der Waals surface area contributed by atoms with E-state index >= 15 is 0 Å². The van der Waals surface area contributed by atoms with Crippen LogP contribution in [-0.2, 0) is 13.0 Å². The molecule has 0 unspecified atom stereocenters. The van der Waals surface area contributed by atoms with Crippen molar-refractivity contribution in [1.82, 2.24) is 30.1 Å². The van der Waals surface area contributed by atoms with Crippen LogP contribution in [0.25, 0.3) is 17.1 Å². The number of carbonyl (C=O) groups excluding carboxylic acids is 1. The molecule has 3 heterocycles. The lowest BCUT2D eigenvalue weighted by atomic mass is 10.2. The maximum atomic E-state index is 13.3. The molecule has 28 heavy (non-hydrogen) atoms. The molecule has 0 aliphatic rings. The number of hydrogen-bond acceptors (Lipinski definition) is 6. The average molecular weight is 401 g/mol. The summed E-state index contributed by atoms with van der Waals surface area (Å²) in [6.07, 6.45) is 2.42. The Balaban J connectivity index is 1.53. The first-order valence-electron chi connectivity index (χ1n) is 8.45. The Hall–Kier alpha value is -3.33. The molecule has 8 nitrogen and oxygen atoms in total. The number of benzene rings is 1. The molecule has 0 radical (unpaired) electrons. The van der Waals surface area contributed by atoms with Crippen LogP contribution >= 0.6 is 11.6 Å². The van der Waals surface area contributed by atoms with Crippen molar-refractivity contribution in [1.29, 1.82) is 0 Å². The third-order valence-corrected chi connectivity index (χ3v) is 4.42. The Kier molecular flexibility index (Phi) is 4.74. The van der Waals surface area contributed by atoms with E-state index in [9.17, 15) is 9.18 Å². The van der Waals surface area contributed by atoms with Crippen molar-refractivity contribution in [2.24, 2.45) is 0 Å². The summed E-state index contributed by atoms with van der Waals surface area (Å²) in [6, 6.07) is 7.16. The van der Waals surface area contributed by atoms with Gasteiger partial charge in [-0.15, -0.1) is 10.2 Å². The van der Waals surface area contributed by atoms with E-state index in [0.29, 0.717) is 35.2 Å². The first kappa shape index (κ1) is 18.1. The number of nitrogens with zero attached hydrogens (tertiary/aromatic N) is 5. The van der Waals surface area contributed by atoms with Crippen LogP contribution in [0.3, 0.4) is 0 Å². The molecule has 0 spiro atoms. The van der Waals surface area contributed by atoms with Crippen LogP contribution in [0.5, 0.6) is 0 Å². The highest BCUT2D eigenvalue weighted by atomic mass is 35.5. The van der Waals surface area contributed by atoms with Gasteiger partial charge in [-0.2, -0.15) is 4.98 Å². The fraction of sp³-hybridized carbons (Fsp3) is 0.167. The highest BCUT2D eigenvalue weighted by Crippen LogP contribution is 2.20. The van der Waals surface area contributed by atoms with Crippen LogP contribution in [0.1, 0.15) is 28.9 Å². The lowest BCUT2D eigenvalue weighted by Crippen LogP contribution is -2.24. The molecule has 0 aliphatic carbocycles. The normalized spacial score (nSPS) is 11.1. The first-order chi connectivity index (χ1) is 13.5. The van der Waals surface area contributed by atoms with Crippen LogP contribution in [0.15, 0.2) is 41.1 Å². The van der Waals surface area contributed by atoms with Gasteiger partial charge in [0.2, 0.25) is 0 Å². The minimum Gasteiger partial charge on any atom is -0.345 e. The first-order valence-corrected chi connectivity index (χ1v) is 8.83. The largest absolute Gasteiger partial charge is 0.345 e. The molecule has 0 saturated carbocycles. The number of carbonyl (C=O) groups is 1. The molecule has 142 valence electrons. The predicted molar refractivity (Wildman–Crippen MR) is 98.2 cm³/mol. The second kappa shape index (κ2) is 7.35. The minimum atomic E-state index is -0.540. The van der Waals surface area contributed by atoms with Crippen molar-refractivity contribution in [3.05, 3.63) is 64.6 Å². The predicted octanol–water partition coefficient (Wildman–Crippen LogP) is 3.06. The zero-order chi connectivity index (χ0) is 19.7. The number of halogens is 2. The van der Waals surface area contributed by atoms with E-state index in [1.165, 1.54) is 12.1 Å². The Bertz CT molecular complexity index is 1170. The standard InChI is InChI=1S/C18H14ClFN6O2/c1-2-14-22-18(28-25-14)10-5-6-26-15(7-10)23-24-16(26)9-21-17(27)12-8-11(20)3-4-13(12)19/h3-8H,2,9H2,1H3,(H,21,27). The van der Waals surface area contributed by atoms with Gasteiger partial charge in [0.15, 0.2) is 17.3 Å². The van der Waals surface area contributed by atoms with Crippen molar-refractivity contribution in [3.8, 4) is 11.5 Å². The second-order valence-electron chi connectivity index (χ2n) is 5.94.